The summed E-state index contributed by atoms with van der Waals surface area (Å²) in [6, 6.07) is 3.47. The first kappa shape index (κ1) is 10.1. The van der Waals surface area contributed by atoms with Crippen molar-refractivity contribution in [2.45, 2.75) is 38.3 Å². The minimum Gasteiger partial charge on any atom is -0.379 e. The predicted octanol–water partition coefficient (Wildman–Crippen LogP) is 2.04. The molecule has 0 spiro atoms. The number of nitrogens with zero attached hydrogens (tertiary/aromatic N) is 2. The fourth-order valence-corrected chi connectivity index (χ4v) is 3.07. The molecule has 2 aliphatic rings. The summed E-state index contributed by atoms with van der Waals surface area (Å²) in [7, 11) is 0. The maximum Gasteiger partial charge on any atom is 0.0559 e. The molecule has 0 aromatic carbocycles. The molecular weight excluding hydrogens is 198 g/mol. The number of anilines is 1. The Morgan fingerprint density at radius 1 is 1.38 bits per heavy atom. The van der Waals surface area contributed by atoms with Crippen LogP contribution >= 0.6 is 0 Å². The molecule has 2 unspecified atom stereocenters. The summed E-state index contributed by atoms with van der Waals surface area (Å²) in [6.07, 6.45) is 7.81. The fourth-order valence-electron chi connectivity index (χ4n) is 3.07. The van der Waals surface area contributed by atoms with Crippen LogP contribution in [0.5, 0.6) is 0 Å². The van der Waals surface area contributed by atoms with Crippen molar-refractivity contribution in [3.63, 3.8) is 0 Å². The highest BCUT2D eigenvalue weighted by Gasteiger charge is 2.37. The first-order chi connectivity index (χ1) is 7.84. The van der Waals surface area contributed by atoms with Gasteiger partial charge in [0.15, 0.2) is 0 Å². The van der Waals surface area contributed by atoms with Crippen molar-refractivity contribution in [1.29, 1.82) is 0 Å². The Kier molecular flexibility index (Phi) is 2.56. The normalized spacial score (nSPS) is 29.3. The quantitative estimate of drug-likeness (QED) is 0.821. The number of hydrogen-bond donors (Lipinski definition) is 1. The Bertz CT molecular complexity index is 377. The van der Waals surface area contributed by atoms with Gasteiger partial charge in [0.25, 0.3) is 0 Å². The topological polar surface area (TPSA) is 28.2 Å². The summed E-state index contributed by atoms with van der Waals surface area (Å²) >= 11 is 0. The van der Waals surface area contributed by atoms with Gasteiger partial charge in [-0.05, 0) is 44.4 Å². The van der Waals surface area contributed by atoms with Crippen LogP contribution in [0.15, 0.2) is 18.5 Å². The second-order valence-electron chi connectivity index (χ2n) is 4.98. The fraction of sp³-hybridized carbons (Fsp3) is 0.615. The van der Waals surface area contributed by atoms with E-state index in [0.717, 1.165) is 6.04 Å². The van der Waals surface area contributed by atoms with Gasteiger partial charge in [-0.15, -0.1) is 0 Å². The number of nitrogens with one attached hydrogen (secondary N) is 1. The summed E-state index contributed by atoms with van der Waals surface area (Å²) in [5, 5.41) is 3.68. The molecule has 3 rings (SSSR count). The SMILES string of the molecule is Cc1ccncc1NC1CCN2CCCC12. The first-order valence-corrected chi connectivity index (χ1v) is 6.26. The second kappa shape index (κ2) is 4.06. The van der Waals surface area contributed by atoms with Crippen LogP contribution in [0.25, 0.3) is 0 Å². The molecule has 2 saturated heterocycles. The Balaban J connectivity index is 1.73. The number of hydrogen-bond acceptors (Lipinski definition) is 3. The van der Waals surface area contributed by atoms with E-state index < -0.39 is 0 Å². The molecule has 3 heteroatoms. The molecule has 86 valence electrons. The van der Waals surface area contributed by atoms with Crippen LogP contribution in [0.1, 0.15) is 24.8 Å². The van der Waals surface area contributed by atoms with Gasteiger partial charge in [0, 0.05) is 24.8 Å². The molecule has 2 aliphatic heterocycles. The Hall–Kier alpha value is -1.09. The second-order valence-corrected chi connectivity index (χ2v) is 4.98. The minimum atomic E-state index is 0.630. The number of pyridine rings is 1. The van der Waals surface area contributed by atoms with Crippen molar-refractivity contribution in [3.8, 4) is 0 Å². The van der Waals surface area contributed by atoms with Gasteiger partial charge >= 0.3 is 0 Å². The highest BCUT2D eigenvalue weighted by atomic mass is 15.2. The average Bonchev–Trinajstić information content (AvgIpc) is 2.86. The molecule has 1 aromatic heterocycles. The van der Waals surface area contributed by atoms with Crippen molar-refractivity contribution in [1.82, 2.24) is 9.88 Å². The van der Waals surface area contributed by atoms with E-state index in [2.05, 4.69) is 28.2 Å². The van der Waals surface area contributed by atoms with Gasteiger partial charge < -0.3 is 5.32 Å². The summed E-state index contributed by atoms with van der Waals surface area (Å²) < 4.78 is 0. The molecule has 1 N–H and O–H groups in total. The van der Waals surface area contributed by atoms with Gasteiger partial charge in [-0.1, -0.05) is 0 Å². The Morgan fingerprint density at radius 3 is 3.19 bits per heavy atom. The molecule has 0 amide bonds. The lowest BCUT2D eigenvalue weighted by Crippen LogP contribution is -2.33. The lowest BCUT2D eigenvalue weighted by Gasteiger charge is -2.22. The van der Waals surface area contributed by atoms with Crippen molar-refractivity contribution in [2.75, 3.05) is 18.4 Å². The number of rotatable bonds is 2. The van der Waals surface area contributed by atoms with Gasteiger partial charge in [-0.25, -0.2) is 0 Å². The predicted molar refractivity (Wildman–Crippen MR) is 65.6 cm³/mol. The summed E-state index contributed by atoms with van der Waals surface area (Å²) in [5.74, 6) is 0. The van der Waals surface area contributed by atoms with Crippen LogP contribution < -0.4 is 5.32 Å². The molecule has 0 saturated carbocycles. The number of aromatic nitrogens is 1. The molecule has 1 aromatic rings. The van der Waals surface area contributed by atoms with Crippen LogP contribution in [0, 0.1) is 6.92 Å². The van der Waals surface area contributed by atoms with Gasteiger partial charge in [0.2, 0.25) is 0 Å². The van der Waals surface area contributed by atoms with E-state index in [1.807, 2.05) is 12.4 Å². The zero-order chi connectivity index (χ0) is 11.0. The third-order valence-electron chi connectivity index (χ3n) is 3.99. The van der Waals surface area contributed by atoms with Crippen LogP contribution in [0.2, 0.25) is 0 Å². The van der Waals surface area contributed by atoms with E-state index in [9.17, 15) is 0 Å². The molecule has 0 bridgehead atoms. The average molecular weight is 217 g/mol. The molecule has 0 radical (unpaired) electrons. The summed E-state index contributed by atoms with van der Waals surface area (Å²) in [6.45, 7) is 4.71. The lowest BCUT2D eigenvalue weighted by molar-refractivity contribution is 0.318. The molecule has 0 aliphatic carbocycles. The largest absolute Gasteiger partial charge is 0.379 e. The van der Waals surface area contributed by atoms with Crippen molar-refractivity contribution in [3.05, 3.63) is 24.0 Å². The first-order valence-electron chi connectivity index (χ1n) is 6.26. The number of fused-ring (bicyclic) bond motifs is 1. The molecule has 3 heterocycles. The van der Waals surface area contributed by atoms with Gasteiger partial charge in [-0.2, -0.15) is 0 Å². The molecule has 2 atom stereocenters. The number of aryl methyl sites for hydroxylation is 1. The van der Waals surface area contributed by atoms with Crippen molar-refractivity contribution in [2.24, 2.45) is 0 Å². The molecule has 2 fully saturated rings. The smallest absolute Gasteiger partial charge is 0.0559 e. The monoisotopic (exact) mass is 217 g/mol. The maximum absolute atomic E-state index is 4.20. The molecule has 16 heavy (non-hydrogen) atoms. The third kappa shape index (κ3) is 1.69. The van der Waals surface area contributed by atoms with E-state index in [1.165, 1.54) is 43.6 Å². The van der Waals surface area contributed by atoms with Crippen LogP contribution in [-0.4, -0.2) is 35.1 Å². The highest BCUT2D eigenvalue weighted by Crippen LogP contribution is 2.30. The Morgan fingerprint density at radius 2 is 2.31 bits per heavy atom. The van der Waals surface area contributed by atoms with Gasteiger partial charge in [0.05, 0.1) is 11.9 Å². The van der Waals surface area contributed by atoms with Gasteiger partial charge in [-0.3, -0.25) is 9.88 Å². The zero-order valence-electron chi connectivity index (χ0n) is 9.82. The third-order valence-corrected chi connectivity index (χ3v) is 3.99. The highest BCUT2D eigenvalue weighted by molar-refractivity contribution is 5.49. The summed E-state index contributed by atoms with van der Waals surface area (Å²) in [5.41, 5.74) is 2.51. The van der Waals surface area contributed by atoms with E-state index in [4.69, 9.17) is 0 Å². The van der Waals surface area contributed by atoms with Crippen LogP contribution in [0.4, 0.5) is 5.69 Å². The summed E-state index contributed by atoms with van der Waals surface area (Å²) in [4.78, 5) is 6.83. The van der Waals surface area contributed by atoms with Crippen molar-refractivity contribution >= 4 is 5.69 Å². The minimum absolute atomic E-state index is 0.630. The Labute approximate surface area is 96.9 Å². The van der Waals surface area contributed by atoms with E-state index in [-0.39, 0.29) is 0 Å². The van der Waals surface area contributed by atoms with Crippen LogP contribution in [0.3, 0.4) is 0 Å². The molecular formula is C13H19N3. The van der Waals surface area contributed by atoms with Crippen molar-refractivity contribution < 1.29 is 0 Å². The lowest BCUT2D eigenvalue weighted by atomic mass is 10.1. The zero-order valence-corrected chi connectivity index (χ0v) is 9.82. The van der Waals surface area contributed by atoms with Gasteiger partial charge in [0.1, 0.15) is 0 Å². The molecule has 3 nitrogen and oxygen atoms in total. The van der Waals surface area contributed by atoms with E-state index >= 15 is 0 Å². The van der Waals surface area contributed by atoms with E-state index in [0.29, 0.717) is 6.04 Å². The van der Waals surface area contributed by atoms with Crippen LogP contribution in [-0.2, 0) is 0 Å². The van der Waals surface area contributed by atoms with E-state index in [1.54, 1.807) is 0 Å². The standard InChI is InChI=1S/C13H19N3/c1-10-4-6-14-9-12(10)15-11-5-8-16-7-2-3-13(11)16/h4,6,9,11,13,15H,2-3,5,7-8H2,1H3. The maximum atomic E-state index is 4.20.